The second kappa shape index (κ2) is 6.15. The van der Waals surface area contributed by atoms with Crippen molar-refractivity contribution in [3.8, 4) is 10.6 Å². The molecule has 1 aromatic carbocycles. The highest BCUT2D eigenvalue weighted by atomic mass is 127. The van der Waals surface area contributed by atoms with E-state index in [9.17, 15) is 0 Å². The number of para-hydroxylation sites is 1. The molecule has 2 nitrogen and oxygen atoms in total. The first kappa shape index (κ1) is 14.7. The summed E-state index contributed by atoms with van der Waals surface area (Å²) < 4.78 is 3.26. The number of thiazole rings is 1. The minimum atomic E-state index is 0. The monoisotopic (exact) mass is 402 g/mol. The summed E-state index contributed by atoms with van der Waals surface area (Å²) in [6.07, 6.45) is 4.14. The normalized spacial score (nSPS) is 10.4. The molecule has 0 aliphatic heterocycles. The van der Waals surface area contributed by atoms with Crippen molar-refractivity contribution in [2.75, 3.05) is 0 Å². The van der Waals surface area contributed by atoms with Crippen molar-refractivity contribution in [2.45, 2.75) is 13.5 Å². The van der Waals surface area contributed by atoms with Crippen LogP contribution in [0.4, 0.5) is 0 Å². The zero-order valence-corrected chi connectivity index (χ0v) is 14.0. The van der Waals surface area contributed by atoms with Gasteiger partial charge in [0.15, 0.2) is 12.4 Å². The summed E-state index contributed by atoms with van der Waals surface area (Å²) in [7, 11) is 0. The molecule has 0 N–H and O–H groups in total. The summed E-state index contributed by atoms with van der Waals surface area (Å²) in [5.41, 5.74) is 2.03. The zero-order chi connectivity index (χ0) is 12.5. The number of aromatic nitrogens is 2. The molecule has 3 aromatic rings. The maximum absolute atomic E-state index is 6.15. The van der Waals surface area contributed by atoms with Gasteiger partial charge >= 0.3 is 0 Å². The van der Waals surface area contributed by atoms with E-state index in [0.29, 0.717) is 0 Å². The van der Waals surface area contributed by atoms with Gasteiger partial charge in [0.25, 0.3) is 0 Å². The Morgan fingerprint density at radius 2 is 1.95 bits per heavy atom. The average Bonchev–Trinajstić information content (AvgIpc) is 2.84. The van der Waals surface area contributed by atoms with Gasteiger partial charge in [-0.2, -0.15) is 0 Å². The smallest absolute Gasteiger partial charge is 0.169 e. The highest BCUT2D eigenvalue weighted by molar-refractivity contribution is 7.21. The van der Waals surface area contributed by atoms with Crippen LogP contribution < -0.4 is 28.5 Å². The SMILES string of the molecule is CC[n+]1ccc(-c2nc3c(Cl)cccc3s2)cc1.[I-]. The first-order valence-electron chi connectivity index (χ1n) is 5.82. The first-order valence-corrected chi connectivity index (χ1v) is 7.02. The van der Waals surface area contributed by atoms with Crippen LogP contribution in [0.3, 0.4) is 0 Å². The van der Waals surface area contributed by atoms with Crippen molar-refractivity contribution < 1.29 is 28.5 Å². The van der Waals surface area contributed by atoms with E-state index in [0.717, 1.165) is 32.4 Å². The van der Waals surface area contributed by atoms with E-state index in [2.05, 4.69) is 47.1 Å². The molecule has 0 atom stereocenters. The summed E-state index contributed by atoms with van der Waals surface area (Å²) >= 11 is 7.82. The van der Waals surface area contributed by atoms with Crippen molar-refractivity contribution in [1.82, 2.24) is 4.98 Å². The molecule has 0 amide bonds. The van der Waals surface area contributed by atoms with Crippen molar-refractivity contribution in [3.63, 3.8) is 0 Å². The van der Waals surface area contributed by atoms with Gasteiger partial charge in [-0.25, -0.2) is 9.55 Å². The Labute approximate surface area is 138 Å². The molecule has 98 valence electrons. The predicted octanol–water partition coefficient (Wildman–Crippen LogP) is 0.928. The van der Waals surface area contributed by atoms with Gasteiger partial charge < -0.3 is 24.0 Å². The van der Waals surface area contributed by atoms with Gasteiger partial charge in [-0.3, -0.25) is 0 Å². The van der Waals surface area contributed by atoms with Crippen LogP contribution in [-0.2, 0) is 6.54 Å². The van der Waals surface area contributed by atoms with Gasteiger partial charge in [0.2, 0.25) is 0 Å². The van der Waals surface area contributed by atoms with Gasteiger partial charge in [-0.05, 0) is 19.1 Å². The number of halogens is 2. The minimum Gasteiger partial charge on any atom is -1.00 e. The molecule has 0 fully saturated rings. The Balaban J connectivity index is 0.00000133. The topological polar surface area (TPSA) is 16.8 Å². The zero-order valence-electron chi connectivity index (χ0n) is 10.3. The van der Waals surface area contributed by atoms with Crippen LogP contribution in [0.25, 0.3) is 20.8 Å². The van der Waals surface area contributed by atoms with Crippen molar-refractivity contribution >= 4 is 33.2 Å². The van der Waals surface area contributed by atoms with E-state index in [4.69, 9.17) is 11.6 Å². The molecule has 19 heavy (non-hydrogen) atoms. The number of benzene rings is 1. The summed E-state index contributed by atoms with van der Waals surface area (Å²) in [5.74, 6) is 0. The van der Waals surface area contributed by atoms with Crippen LogP contribution >= 0.6 is 22.9 Å². The van der Waals surface area contributed by atoms with E-state index in [-0.39, 0.29) is 24.0 Å². The molecule has 0 saturated carbocycles. The molecule has 2 heterocycles. The minimum absolute atomic E-state index is 0. The largest absolute Gasteiger partial charge is 1.00 e. The van der Waals surface area contributed by atoms with Gasteiger partial charge in [0.05, 0.1) is 9.72 Å². The molecule has 0 aliphatic carbocycles. The maximum atomic E-state index is 6.15. The second-order valence-corrected chi connectivity index (χ2v) is 5.46. The quantitative estimate of drug-likeness (QED) is 0.460. The summed E-state index contributed by atoms with van der Waals surface area (Å²) in [4.78, 5) is 4.62. The summed E-state index contributed by atoms with van der Waals surface area (Å²) in [6.45, 7) is 3.10. The molecular weight excluding hydrogens is 391 g/mol. The van der Waals surface area contributed by atoms with Crippen LogP contribution in [0.1, 0.15) is 6.92 Å². The maximum Gasteiger partial charge on any atom is 0.169 e. The van der Waals surface area contributed by atoms with E-state index < -0.39 is 0 Å². The van der Waals surface area contributed by atoms with Crippen molar-refractivity contribution in [3.05, 3.63) is 47.7 Å². The van der Waals surface area contributed by atoms with Crippen LogP contribution in [-0.4, -0.2) is 4.98 Å². The Morgan fingerprint density at radius 1 is 1.21 bits per heavy atom. The number of nitrogens with zero attached hydrogens (tertiary/aromatic N) is 2. The fourth-order valence-corrected chi connectivity index (χ4v) is 3.12. The van der Waals surface area contributed by atoms with Gasteiger partial charge in [0, 0.05) is 17.7 Å². The lowest BCUT2D eigenvalue weighted by atomic mass is 10.3. The predicted molar refractivity (Wildman–Crippen MR) is 75.9 cm³/mol. The molecule has 0 radical (unpaired) electrons. The summed E-state index contributed by atoms with van der Waals surface area (Å²) in [5, 5.41) is 1.73. The van der Waals surface area contributed by atoms with Crippen LogP contribution in [0, 0.1) is 0 Å². The molecular formula is C14H12ClIN2S. The third kappa shape index (κ3) is 2.90. The molecule has 0 aliphatic rings. The Bertz CT molecular complexity index is 694. The third-order valence-corrected chi connectivity index (χ3v) is 4.25. The van der Waals surface area contributed by atoms with Crippen LogP contribution in [0.15, 0.2) is 42.7 Å². The fraction of sp³-hybridized carbons (Fsp3) is 0.143. The molecule has 3 rings (SSSR count). The van der Waals surface area contributed by atoms with Crippen molar-refractivity contribution in [1.29, 1.82) is 0 Å². The van der Waals surface area contributed by atoms with Crippen molar-refractivity contribution in [2.24, 2.45) is 0 Å². The Morgan fingerprint density at radius 3 is 2.58 bits per heavy atom. The number of aryl methyl sites for hydroxylation is 1. The van der Waals surface area contributed by atoms with Gasteiger partial charge in [-0.1, -0.05) is 17.7 Å². The average molecular weight is 403 g/mol. The Hall–Kier alpha value is -0.720. The number of hydrogen-bond acceptors (Lipinski definition) is 2. The number of fused-ring (bicyclic) bond motifs is 1. The van der Waals surface area contributed by atoms with E-state index in [1.807, 2.05) is 12.1 Å². The van der Waals surface area contributed by atoms with E-state index in [1.54, 1.807) is 11.3 Å². The van der Waals surface area contributed by atoms with Crippen LogP contribution in [0.5, 0.6) is 0 Å². The highest BCUT2D eigenvalue weighted by Gasteiger charge is 2.09. The highest BCUT2D eigenvalue weighted by Crippen LogP contribution is 2.32. The fourth-order valence-electron chi connectivity index (χ4n) is 1.85. The standard InChI is InChI=1S/C14H12ClN2S.HI/c1-2-17-8-6-10(7-9-17)14-16-13-11(15)4-3-5-12(13)18-14;/h3-9H,2H2,1H3;1H/q+1;/p-1. The molecule has 0 spiro atoms. The molecule has 0 unspecified atom stereocenters. The second-order valence-electron chi connectivity index (χ2n) is 4.02. The molecule has 2 aromatic heterocycles. The number of hydrogen-bond donors (Lipinski definition) is 0. The number of rotatable bonds is 2. The molecule has 5 heteroatoms. The van der Waals surface area contributed by atoms with Crippen LogP contribution in [0.2, 0.25) is 5.02 Å². The Kier molecular flexibility index (Phi) is 4.76. The van der Waals surface area contributed by atoms with E-state index in [1.165, 1.54) is 0 Å². The van der Waals surface area contributed by atoms with E-state index >= 15 is 0 Å². The van der Waals surface area contributed by atoms with Gasteiger partial charge in [-0.15, -0.1) is 11.3 Å². The molecule has 0 saturated heterocycles. The lowest BCUT2D eigenvalue weighted by molar-refractivity contribution is -0.693. The first-order chi connectivity index (χ1) is 8.78. The summed E-state index contributed by atoms with van der Waals surface area (Å²) in [6, 6.07) is 10.1. The van der Waals surface area contributed by atoms with Gasteiger partial charge in [0.1, 0.15) is 17.1 Å². The number of pyridine rings is 1. The molecule has 0 bridgehead atoms. The lowest BCUT2D eigenvalue weighted by Crippen LogP contribution is -3.00. The lowest BCUT2D eigenvalue weighted by Gasteiger charge is -1.94. The third-order valence-electron chi connectivity index (χ3n) is 2.87.